The van der Waals surface area contributed by atoms with Crippen LogP contribution in [0.3, 0.4) is 0 Å². The number of hydrogen-bond acceptors (Lipinski definition) is 4. The summed E-state index contributed by atoms with van der Waals surface area (Å²) in [6.45, 7) is 0.415. The molecule has 2 rings (SSSR count). The van der Waals surface area contributed by atoms with Crippen molar-refractivity contribution in [1.29, 1.82) is 0 Å². The number of aliphatic hydroxyl groups excluding tert-OH is 1. The van der Waals surface area contributed by atoms with Gasteiger partial charge in [0.25, 0.3) is 0 Å². The maximum absolute atomic E-state index is 11.8. The van der Waals surface area contributed by atoms with Crippen molar-refractivity contribution in [2.45, 2.75) is 19.4 Å². The lowest BCUT2D eigenvalue weighted by molar-refractivity contribution is -0.116. The standard InChI is InChI=1S/C16H18N2O3/c19-12-13-8-9-17-15(11-13)18-16(20)7-4-10-21-14-5-2-1-3-6-14/h1-3,5-6,8-9,11,19H,4,7,10,12H2,(H,17,18,20). The molecule has 2 N–H and O–H groups in total. The number of aliphatic hydroxyl groups is 1. The third kappa shape index (κ3) is 5.24. The van der Waals surface area contributed by atoms with E-state index in [0.717, 1.165) is 5.75 Å². The Labute approximate surface area is 123 Å². The second-order valence-corrected chi connectivity index (χ2v) is 4.52. The number of nitrogens with zero attached hydrogens (tertiary/aromatic N) is 1. The van der Waals surface area contributed by atoms with E-state index >= 15 is 0 Å². The van der Waals surface area contributed by atoms with Crippen molar-refractivity contribution in [3.05, 3.63) is 54.2 Å². The molecule has 0 unspecified atom stereocenters. The van der Waals surface area contributed by atoms with Crippen LogP contribution >= 0.6 is 0 Å². The first kappa shape index (κ1) is 15.0. The maximum atomic E-state index is 11.8. The van der Waals surface area contributed by atoms with E-state index in [0.29, 0.717) is 30.8 Å². The van der Waals surface area contributed by atoms with E-state index in [1.807, 2.05) is 30.3 Å². The summed E-state index contributed by atoms with van der Waals surface area (Å²) in [5, 5.41) is 11.7. The van der Waals surface area contributed by atoms with Crippen LogP contribution in [0.5, 0.6) is 5.75 Å². The molecule has 1 aromatic carbocycles. The first-order chi connectivity index (χ1) is 10.3. The first-order valence-electron chi connectivity index (χ1n) is 6.81. The Balaban J connectivity index is 1.70. The third-order valence-electron chi connectivity index (χ3n) is 2.83. The fourth-order valence-corrected chi connectivity index (χ4v) is 1.79. The quantitative estimate of drug-likeness (QED) is 0.767. The SMILES string of the molecule is O=C(CCCOc1ccccc1)Nc1cc(CO)ccn1. The molecule has 1 amide bonds. The molecule has 5 heteroatoms. The molecule has 0 aliphatic heterocycles. The van der Waals surface area contributed by atoms with Gasteiger partial charge in [-0.2, -0.15) is 0 Å². The molecule has 0 fully saturated rings. The van der Waals surface area contributed by atoms with Crippen LogP contribution in [0, 0.1) is 0 Å². The average molecular weight is 286 g/mol. The summed E-state index contributed by atoms with van der Waals surface area (Å²) in [7, 11) is 0. The van der Waals surface area contributed by atoms with Crippen LogP contribution in [-0.2, 0) is 11.4 Å². The van der Waals surface area contributed by atoms with Crippen molar-refractivity contribution in [3.8, 4) is 5.75 Å². The highest BCUT2D eigenvalue weighted by molar-refractivity contribution is 5.89. The number of carbonyl (C=O) groups excluding carboxylic acids is 1. The zero-order chi connectivity index (χ0) is 14.9. The van der Waals surface area contributed by atoms with Crippen LogP contribution in [0.1, 0.15) is 18.4 Å². The largest absolute Gasteiger partial charge is 0.494 e. The lowest BCUT2D eigenvalue weighted by atomic mass is 10.2. The zero-order valence-electron chi connectivity index (χ0n) is 11.7. The Morgan fingerprint density at radius 2 is 2.05 bits per heavy atom. The van der Waals surface area contributed by atoms with Crippen molar-refractivity contribution < 1.29 is 14.6 Å². The molecule has 21 heavy (non-hydrogen) atoms. The van der Waals surface area contributed by atoms with Gasteiger partial charge in [-0.1, -0.05) is 18.2 Å². The van der Waals surface area contributed by atoms with Gasteiger partial charge < -0.3 is 15.2 Å². The molecule has 1 aromatic heterocycles. The minimum atomic E-state index is -0.116. The zero-order valence-corrected chi connectivity index (χ0v) is 11.7. The van der Waals surface area contributed by atoms with Gasteiger partial charge in [0.15, 0.2) is 0 Å². The highest BCUT2D eigenvalue weighted by atomic mass is 16.5. The molecule has 1 heterocycles. The molecule has 0 atom stereocenters. The molecule has 110 valence electrons. The summed E-state index contributed by atoms with van der Waals surface area (Å²) in [4.78, 5) is 15.8. The minimum Gasteiger partial charge on any atom is -0.494 e. The van der Waals surface area contributed by atoms with E-state index in [1.165, 1.54) is 0 Å². The molecule has 0 aliphatic carbocycles. The van der Waals surface area contributed by atoms with E-state index < -0.39 is 0 Å². The van der Waals surface area contributed by atoms with Crippen LogP contribution in [0.15, 0.2) is 48.7 Å². The molecule has 0 spiro atoms. The number of anilines is 1. The average Bonchev–Trinajstić information content (AvgIpc) is 2.53. The Morgan fingerprint density at radius 1 is 1.24 bits per heavy atom. The molecule has 0 saturated heterocycles. The van der Waals surface area contributed by atoms with E-state index in [1.54, 1.807) is 18.3 Å². The summed E-state index contributed by atoms with van der Waals surface area (Å²) in [5.41, 5.74) is 0.715. The number of pyridine rings is 1. The molecule has 5 nitrogen and oxygen atoms in total. The van der Waals surface area contributed by atoms with Crippen molar-refractivity contribution in [2.75, 3.05) is 11.9 Å². The Hall–Kier alpha value is -2.40. The first-order valence-corrected chi connectivity index (χ1v) is 6.81. The number of nitrogens with one attached hydrogen (secondary N) is 1. The number of rotatable bonds is 7. The van der Waals surface area contributed by atoms with Crippen molar-refractivity contribution in [2.24, 2.45) is 0 Å². The van der Waals surface area contributed by atoms with Gasteiger partial charge in [-0.3, -0.25) is 4.79 Å². The summed E-state index contributed by atoms with van der Waals surface area (Å²) >= 11 is 0. The number of ether oxygens (including phenoxy) is 1. The number of hydrogen-bond donors (Lipinski definition) is 2. The highest BCUT2D eigenvalue weighted by Gasteiger charge is 2.04. The summed E-state index contributed by atoms with van der Waals surface area (Å²) in [6, 6.07) is 12.8. The van der Waals surface area contributed by atoms with Gasteiger partial charge in [-0.25, -0.2) is 4.98 Å². The fourth-order valence-electron chi connectivity index (χ4n) is 1.79. The summed E-state index contributed by atoms with van der Waals surface area (Å²) in [5.74, 6) is 1.14. The summed E-state index contributed by atoms with van der Waals surface area (Å²) < 4.78 is 5.51. The van der Waals surface area contributed by atoms with Gasteiger partial charge >= 0.3 is 0 Å². The highest BCUT2D eigenvalue weighted by Crippen LogP contribution is 2.10. The summed E-state index contributed by atoms with van der Waals surface area (Å²) in [6.07, 6.45) is 2.54. The number of benzene rings is 1. The van der Waals surface area contributed by atoms with E-state index in [-0.39, 0.29) is 12.5 Å². The van der Waals surface area contributed by atoms with Crippen LogP contribution in [0.4, 0.5) is 5.82 Å². The predicted molar refractivity (Wildman–Crippen MR) is 80.0 cm³/mol. The third-order valence-corrected chi connectivity index (χ3v) is 2.83. The molecule has 2 aromatic rings. The normalized spacial score (nSPS) is 10.1. The van der Waals surface area contributed by atoms with Crippen LogP contribution in [-0.4, -0.2) is 22.6 Å². The lowest BCUT2D eigenvalue weighted by Crippen LogP contribution is -2.14. The minimum absolute atomic E-state index is 0.0731. The Kier molecular flexibility index (Phi) is 5.72. The second kappa shape index (κ2) is 8.01. The van der Waals surface area contributed by atoms with Crippen molar-refractivity contribution in [3.63, 3.8) is 0 Å². The number of para-hydroxylation sites is 1. The van der Waals surface area contributed by atoms with Crippen LogP contribution in [0.25, 0.3) is 0 Å². The molecule has 0 aliphatic rings. The molecular weight excluding hydrogens is 268 g/mol. The van der Waals surface area contributed by atoms with Gasteiger partial charge in [0.05, 0.1) is 13.2 Å². The van der Waals surface area contributed by atoms with E-state index in [4.69, 9.17) is 9.84 Å². The van der Waals surface area contributed by atoms with Gasteiger partial charge in [-0.15, -0.1) is 0 Å². The van der Waals surface area contributed by atoms with E-state index in [9.17, 15) is 4.79 Å². The lowest BCUT2D eigenvalue weighted by Gasteiger charge is -2.07. The van der Waals surface area contributed by atoms with Gasteiger partial charge in [0.2, 0.25) is 5.91 Å². The van der Waals surface area contributed by atoms with Crippen LogP contribution < -0.4 is 10.1 Å². The Bertz CT molecular complexity index is 573. The maximum Gasteiger partial charge on any atom is 0.225 e. The number of amides is 1. The van der Waals surface area contributed by atoms with E-state index in [2.05, 4.69) is 10.3 Å². The fraction of sp³-hybridized carbons (Fsp3) is 0.250. The second-order valence-electron chi connectivity index (χ2n) is 4.52. The smallest absolute Gasteiger partial charge is 0.225 e. The Morgan fingerprint density at radius 3 is 2.81 bits per heavy atom. The molecule has 0 saturated carbocycles. The van der Waals surface area contributed by atoms with Gasteiger partial charge in [-0.05, 0) is 36.2 Å². The number of carbonyl (C=O) groups is 1. The van der Waals surface area contributed by atoms with Gasteiger partial charge in [0, 0.05) is 12.6 Å². The number of aromatic nitrogens is 1. The topological polar surface area (TPSA) is 71.5 Å². The van der Waals surface area contributed by atoms with Crippen molar-refractivity contribution >= 4 is 11.7 Å². The van der Waals surface area contributed by atoms with Crippen LogP contribution in [0.2, 0.25) is 0 Å². The van der Waals surface area contributed by atoms with Crippen molar-refractivity contribution in [1.82, 2.24) is 4.98 Å². The predicted octanol–water partition coefficient (Wildman–Crippen LogP) is 2.37. The van der Waals surface area contributed by atoms with Gasteiger partial charge in [0.1, 0.15) is 11.6 Å². The molecular formula is C16H18N2O3. The molecule has 0 radical (unpaired) electrons. The molecule has 0 bridgehead atoms. The monoisotopic (exact) mass is 286 g/mol.